The van der Waals surface area contributed by atoms with Crippen LogP contribution >= 0.6 is 11.6 Å². The van der Waals surface area contributed by atoms with Crippen molar-refractivity contribution in [2.45, 2.75) is 46.6 Å². The quantitative estimate of drug-likeness (QED) is 0.814. The van der Waals surface area contributed by atoms with E-state index in [-0.39, 0.29) is 11.9 Å². The summed E-state index contributed by atoms with van der Waals surface area (Å²) in [7, 11) is 0. The maximum absolute atomic E-state index is 12.2. The molecule has 0 fully saturated rings. The first-order valence-electron chi connectivity index (χ1n) is 7.98. The summed E-state index contributed by atoms with van der Waals surface area (Å²) in [5.41, 5.74) is 6.08. The molecule has 3 heteroatoms. The van der Waals surface area contributed by atoms with E-state index < -0.39 is 0 Å². The van der Waals surface area contributed by atoms with Gasteiger partial charge >= 0.3 is 0 Å². The van der Waals surface area contributed by atoms with Crippen LogP contribution in [0.3, 0.4) is 0 Å². The van der Waals surface area contributed by atoms with E-state index in [1.807, 2.05) is 31.2 Å². The van der Waals surface area contributed by atoms with Gasteiger partial charge in [-0.15, -0.1) is 0 Å². The largest absolute Gasteiger partial charge is 0.350 e. The van der Waals surface area contributed by atoms with E-state index in [0.717, 1.165) is 17.0 Å². The van der Waals surface area contributed by atoms with Crippen molar-refractivity contribution >= 4 is 17.5 Å². The maximum atomic E-state index is 12.2. The van der Waals surface area contributed by atoms with Gasteiger partial charge in [0.1, 0.15) is 0 Å². The Bertz CT molecular complexity index is 692. The molecule has 2 aromatic rings. The SMILES string of the molecule is Cc1cc(C)c(C(C)NC(=O)CCc2ccc(Cl)cc2)cc1C. The summed E-state index contributed by atoms with van der Waals surface area (Å²) in [5, 5.41) is 3.82. The number of aryl methyl sites for hydroxylation is 4. The molecule has 0 heterocycles. The van der Waals surface area contributed by atoms with Gasteiger partial charge in [-0.2, -0.15) is 0 Å². The predicted octanol–water partition coefficient (Wildman–Crippen LogP) is 5.08. The van der Waals surface area contributed by atoms with Crippen LogP contribution in [0.5, 0.6) is 0 Å². The zero-order valence-corrected chi connectivity index (χ0v) is 15.0. The molecule has 1 N–H and O–H groups in total. The molecule has 2 rings (SSSR count). The summed E-state index contributed by atoms with van der Waals surface area (Å²) in [5.74, 6) is 0.0741. The van der Waals surface area contributed by atoms with Gasteiger partial charge in [-0.05, 0) is 74.1 Å². The Hall–Kier alpha value is -1.80. The van der Waals surface area contributed by atoms with Crippen molar-refractivity contribution in [3.8, 4) is 0 Å². The number of nitrogens with one attached hydrogen (secondary N) is 1. The Balaban J connectivity index is 1.94. The van der Waals surface area contributed by atoms with Crippen LogP contribution in [-0.2, 0) is 11.2 Å². The summed E-state index contributed by atoms with van der Waals surface area (Å²) in [6, 6.07) is 12.0. The minimum atomic E-state index is 0.0204. The first-order valence-corrected chi connectivity index (χ1v) is 8.36. The molecule has 1 atom stereocenters. The number of carbonyl (C=O) groups excluding carboxylic acids is 1. The van der Waals surface area contributed by atoms with Crippen LogP contribution in [0.15, 0.2) is 36.4 Å². The van der Waals surface area contributed by atoms with Crippen LogP contribution in [0.4, 0.5) is 0 Å². The van der Waals surface area contributed by atoms with Gasteiger partial charge in [0.2, 0.25) is 5.91 Å². The van der Waals surface area contributed by atoms with E-state index in [4.69, 9.17) is 11.6 Å². The molecule has 122 valence electrons. The topological polar surface area (TPSA) is 29.1 Å². The van der Waals surface area contributed by atoms with Crippen molar-refractivity contribution < 1.29 is 4.79 Å². The second kappa shape index (κ2) is 7.65. The Labute approximate surface area is 143 Å². The van der Waals surface area contributed by atoms with Crippen molar-refractivity contribution in [2.75, 3.05) is 0 Å². The molecular formula is C20H24ClNO. The van der Waals surface area contributed by atoms with Gasteiger partial charge in [-0.25, -0.2) is 0 Å². The second-order valence-electron chi connectivity index (χ2n) is 6.21. The zero-order chi connectivity index (χ0) is 17.0. The average Bonchev–Trinajstić information content (AvgIpc) is 2.50. The maximum Gasteiger partial charge on any atom is 0.220 e. The van der Waals surface area contributed by atoms with Crippen molar-refractivity contribution in [1.82, 2.24) is 5.32 Å². The Morgan fingerprint density at radius 1 is 1.04 bits per heavy atom. The second-order valence-corrected chi connectivity index (χ2v) is 6.65. The molecule has 1 amide bonds. The van der Waals surface area contributed by atoms with Crippen LogP contribution in [0.2, 0.25) is 5.02 Å². The van der Waals surface area contributed by atoms with Crippen molar-refractivity contribution in [3.63, 3.8) is 0 Å². The molecule has 0 radical (unpaired) electrons. The van der Waals surface area contributed by atoms with E-state index in [0.29, 0.717) is 6.42 Å². The minimum Gasteiger partial charge on any atom is -0.350 e. The van der Waals surface area contributed by atoms with Crippen LogP contribution in [0.25, 0.3) is 0 Å². The molecule has 0 saturated heterocycles. The number of rotatable bonds is 5. The number of amides is 1. The smallest absolute Gasteiger partial charge is 0.220 e. The number of hydrogen-bond donors (Lipinski definition) is 1. The van der Waals surface area contributed by atoms with Crippen LogP contribution in [0.1, 0.15) is 47.2 Å². The third-order valence-electron chi connectivity index (χ3n) is 4.28. The summed E-state index contributed by atoms with van der Waals surface area (Å²) < 4.78 is 0. The molecule has 0 spiro atoms. The molecule has 0 aliphatic rings. The third kappa shape index (κ3) is 4.84. The highest BCUT2D eigenvalue weighted by Crippen LogP contribution is 2.21. The van der Waals surface area contributed by atoms with Crippen molar-refractivity contribution in [3.05, 3.63) is 69.2 Å². The molecular weight excluding hydrogens is 306 g/mol. The van der Waals surface area contributed by atoms with E-state index in [1.165, 1.54) is 22.3 Å². The molecule has 2 nitrogen and oxygen atoms in total. The molecule has 2 aromatic carbocycles. The summed E-state index contributed by atoms with van der Waals surface area (Å²) in [6.07, 6.45) is 1.21. The van der Waals surface area contributed by atoms with Gasteiger partial charge < -0.3 is 5.32 Å². The Morgan fingerprint density at radius 3 is 2.30 bits per heavy atom. The average molecular weight is 330 g/mol. The summed E-state index contributed by atoms with van der Waals surface area (Å²) >= 11 is 5.87. The molecule has 0 saturated carbocycles. The third-order valence-corrected chi connectivity index (χ3v) is 4.53. The summed E-state index contributed by atoms with van der Waals surface area (Å²) in [6.45, 7) is 8.35. The number of halogens is 1. The Kier molecular flexibility index (Phi) is 5.84. The molecule has 0 aliphatic heterocycles. The lowest BCUT2D eigenvalue weighted by molar-refractivity contribution is -0.121. The number of benzene rings is 2. The first kappa shape index (κ1) is 17.6. The Morgan fingerprint density at radius 2 is 1.65 bits per heavy atom. The fourth-order valence-electron chi connectivity index (χ4n) is 2.75. The molecule has 23 heavy (non-hydrogen) atoms. The fourth-order valence-corrected chi connectivity index (χ4v) is 2.88. The lowest BCUT2D eigenvalue weighted by Gasteiger charge is -2.18. The van der Waals surface area contributed by atoms with Crippen molar-refractivity contribution in [1.29, 1.82) is 0 Å². The van der Waals surface area contributed by atoms with E-state index in [2.05, 4.69) is 38.2 Å². The van der Waals surface area contributed by atoms with Gasteiger partial charge in [-0.1, -0.05) is 35.9 Å². The summed E-state index contributed by atoms with van der Waals surface area (Å²) in [4.78, 5) is 12.2. The van der Waals surface area contributed by atoms with Crippen LogP contribution < -0.4 is 5.32 Å². The van der Waals surface area contributed by atoms with Gasteiger partial charge in [0.15, 0.2) is 0 Å². The van der Waals surface area contributed by atoms with Gasteiger partial charge in [0, 0.05) is 11.4 Å². The van der Waals surface area contributed by atoms with Gasteiger partial charge in [-0.3, -0.25) is 4.79 Å². The standard InChI is InChI=1S/C20H24ClNO/c1-13-11-15(3)19(12-14(13)2)16(4)22-20(23)10-7-17-5-8-18(21)9-6-17/h5-6,8-9,11-12,16H,7,10H2,1-4H3,(H,22,23). The number of hydrogen-bond acceptors (Lipinski definition) is 1. The zero-order valence-electron chi connectivity index (χ0n) is 14.2. The fraction of sp³-hybridized carbons (Fsp3) is 0.350. The minimum absolute atomic E-state index is 0.0204. The first-order chi connectivity index (χ1) is 10.9. The van der Waals surface area contributed by atoms with Crippen LogP contribution in [0, 0.1) is 20.8 Å². The highest BCUT2D eigenvalue weighted by Gasteiger charge is 2.13. The lowest BCUT2D eigenvalue weighted by atomic mass is 9.96. The van der Waals surface area contributed by atoms with Crippen LogP contribution in [-0.4, -0.2) is 5.91 Å². The normalized spacial score (nSPS) is 12.0. The molecule has 0 bridgehead atoms. The predicted molar refractivity (Wildman–Crippen MR) is 97.0 cm³/mol. The molecule has 1 unspecified atom stereocenters. The molecule has 0 aliphatic carbocycles. The highest BCUT2D eigenvalue weighted by molar-refractivity contribution is 6.30. The van der Waals surface area contributed by atoms with E-state index in [9.17, 15) is 4.79 Å². The van der Waals surface area contributed by atoms with Gasteiger partial charge in [0.25, 0.3) is 0 Å². The highest BCUT2D eigenvalue weighted by atomic mass is 35.5. The van der Waals surface area contributed by atoms with Gasteiger partial charge in [0.05, 0.1) is 6.04 Å². The lowest BCUT2D eigenvalue weighted by Crippen LogP contribution is -2.27. The van der Waals surface area contributed by atoms with E-state index >= 15 is 0 Å². The number of carbonyl (C=O) groups is 1. The monoisotopic (exact) mass is 329 g/mol. The van der Waals surface area contributed by atoms with E-state index in [1.54, 1.807) is 0 Å². The molecule has 0 aromatic heterocycles. The van der Waals surface area contributed by atoms with Crippen molar-refractivity contribution in [2.24, 2.45) is 0 Å².